The number of hydrogen-bond acceptors (Lipinski definition) is 3. The highest BCUT2D eigenvalue weighted by molar-refractivity contribution is 6.33. The van der Waals surface area contributed by atoms with Crippen molar-refractivity contribution in [2.75, 3.05) is 26.3 Å². The van der Waals surface area contributed by atoms with Gasteiger partial charge in [0.05, 0.1) is 30.2 Å². The molecule has 22 heavy (non-hydrogen) atoms. The SMILES string of the molecule is Cc1nn(-c2ccc(F)cc2)c(Cl)c1C(=O)N1CCOCC1. The van der Waals surface area contributed by atoms with Crippen LogP contribution in [0.1, 0.15) is 16.1 Å². The average Bonchev–Trinajstić information content (AvgIpc) is 2.83. The van der Waals surface area contributed by atoms with E-state index >= 15 is 0 Å². The predicted octanol–water partition coefficient (Wildman–Crippen LogP) is 2.45. The van der Waals surface area contributed by atoms with E-state index in [4.69, 9.17) is 16.3 Å². The van der Waals surface area contributed by atoms with Crippen LogP contribution < -0.4 is 0 Å². The number of benzene rings is 1. The summed E-state index contributed by atoms with van der Waals surface area (Å²) in [5, 5.41) is 4.55. The highest BCUT2D eigenvalue weighted by Crippen LogP contribution is 2.25. The Kier molecular flexibility index (Phi) is 4.13. The fraction of sp³-hybridized carbons (Fsp3) is 0.333. The second-order valence-corrected chi connectivity index (χ2v) is 5.40. The molecule has 1 aromatic carbocycles. The first-order chi connectivity index (χ1) is 10.6. The van der Waals surface area contributed by atoms with Gasteiger partial charge in [0.15, 0.2) is 0 Å². The predicted molar refractivity (Wildman–Crippen MR) is 80.0 cm³/mol. The molecular weight excluding hydrogens is 309 g/mol. The molecule has 3 rings (SSSR count). The van der Waals surface area contributed by atoms with E-state index in [0.717, 1.165) is 0 Å². The summed E-state index contributed by atoms with van der Waals surface area (Å²) in [5.41, 5.74) is 1.54. The summed E-state index contributed by atoms with van der Waals surface area (Å²) in [6, 6.07) is 5.78. The Labute approximate surface area is 132 Å². The van der Waals surface area contributed by atoms with E-state index in [9.17, 15) is 9.18 Å². The van der Waals surface area contributed by atoms with Crippen molar-refractivity contribution in [3.05, 3.63) is 46.5 Å². The monoisotopic (exact) mass is 323 g/mol. The van der Waals surface area contributed by atoms with Crippen LogP contribution in [-0.4, -0.2) is 46.9 Å². The average molecular weight is 324 g/mol. The number of aromatic nitrogens is 2. The molecule has 0 radical (unpaired) electrons. The number of rotatable bonds is 2. The maximum absolute atomic E-state index is 13.0. The normalized spacial score (nSPS) is 15.1. The van der Waals surface area contributed by atoms with E-state index < -0.39 is 0 Å². The summed E-state index contributed by atoms with van der Waals surface area (Å²) in [5.74, 6) is -0.493. The van der Waals surface area contributed by atoms with Crippen LogP contribution in [-0.2, 0) is 4.74 Å². The van der Waals surface area contributed by atoms with Crippen LogP contribution in [0.5, 0.6) is 0 Å². The van der Waals surface area contributed by atoms with Gasteiger partial charge in [-0.3, -0.25) is 4.79 Å². The van der Waals surface area contributed by atoms with Crippen LogP contribution in [0.3, 0.4) is 0 Å². The summed E-state index contributed by atoms with van der Waals surface area (Å²) in [7, 11) is 0. The maximum atomic E-state index is 13.0. The first kappa shape index (κ1) is 15.0. The van der Waals surface area contributed by atoms with E-state index in [1.807, 2.05) is 0 Å². The number of ether oxygens (including phenoxy) is 1. The third-order valence-electron chi connectivity index (χ3n) is 3.59. The number of carbonyl (C=O) groups is 1. The lowest BCUT2D eigenvalue weighted by Gasteiger charge is -2.26. The molecule has 1 saturated heterocycles. The van der Waals surface area contributed by atoms with Gasteiger partial charge in [0.1, 0.15) is 11.0 Å². The van der Waals surface area contributed by atoms with Crippen LogP contribution >= 0.6 is 11.6 Å². The van der Waals surface area contributed by atoms with Crippen molar-refractivity contribution in [2.24, 2.45) is 0 Å². The number of hydrogen-bond donors (Lipinski definition) is 0. The molecule has 1 fully saturated rings. The summed E-state index contributed by atoms with van der Waals surface area (Å²) >= 11 is 6.35. The van der Waals surface area contributed by atoms with Gasteiger partial charge in [-0.15, -0.1) is 0 Å². The van der Waals surface area contributed by atoms with Gasteiger partial charge in [-0.1, -0.05) is 11.6 Å². The third kappa shape index (κ3) is 2.71. The van der Waals surface area contributed by atoms with Crippen molar-refractivity contribution < 1.29 is 13.9 Å². The largest absolute Gasteiger partial charge is 0.378 e. The molecule has 0 saturated carbocycles. The number of amides is 1. The van der Waals surface area contributed by atoms with Gasteiger partial charge in [0, 0.05) is 13.1 Å². The standard InChI is InChI=1S/C15H15ClFN3O2/c1-10-13(15(21)19-6-8-22-9-7-19)14(16)20(18-10)12-4-2-11(17)3-5-12/h2-5H,6-9H2,1H3. The summed E-state index contributed by atoms with van der Waals surface area (Å²) in [6.07, 6.45) is 0. The van der Waals surface area contributed by atoms with Crippen LogP contribution in [0.15, 0.2) is 24.3 Å². The van der Waals surface area contributed by atoms with Gasteiger partial charge in [-0.2, -0.15) is 5.10 Å². The zero-order valence-corrected chi connectivity index (χ0v) is 12.8. The number of aryl methyl sites for hydroxylation is 1. The molecule has 1 aliphatic heterocycles. The molecule has 1 aromatic heterocycles. The lowest BCUT2D eigenvalue weighted by molar-refractivity contribution is 0.0302. The van der Waals surface area contributed by atoms with Crippen molar-refractivity contribution in [3.8, 4) is 5.69 Å². The second kappa shape index (κ2) is 6.06. The molecule has 0 unspecified atom stereocenters. The minimum Gasteiger partial charge on any atom is -0.378 e. The first-order valence-corrected chi connectivity index (χ1v) is 7.34. The van der Waals surface area contributed by atoms with Gasteiger partial charge in [-0.25, -0.2) is 9.07 Å². The zero-order chi connectivity index (χ0) is 15.7. The minimum atomic E-state index is -0.339. The molecule has 0 bridgehead atoms. The fourth-order valence-corrected chi connectivity index (χ4v) is 2.77. The van der Waals surface area contributed by atoms with Crippen LogP contribution in [0.2, 0.25) is 5.15 Å². The van der Waals surface area contributed by atoms with Crippen molar-refractivity contribution in [2.45, 2.75) is 6.92 Å². The van der Waals surface area contributed by atoms with Gasteiger partial charge in [0.25, 0.3) is 5.91 Å². The third-order valence-corrected chi connectivity index (χ3v) is 3.94. The lowest BCUT2D eigenvalue weighted by atomic mass is 10.2. The molecule has 5 nitrogen and oxygen atoms in total. The molecule has 0 atom stereocenters. The Bertz CT molecular complexity index is 694. The number of halogens is 2. The molecule has 1 aliphatic rings. The molecule has 2 aromatic rings. The minimum absolute atomic E-state index is 0.154. The van der Waals surface area contributed by atoms with Crippen molar-refractivity contribution in [1.29, 1.82) is 0 Å². The quantitative estimate of drug-likeness (QED) is 0.853. The molecule has 0 spiro atoms. The Morgan fingerprint density at radius 1 is 1.27 bits per heavy atom. The molecular formula is C15H15ClFN3O2. The topological polar surface area (TPSA) is 47.4 Å². The molecule has 116 valence electrons. The summed E-state index contributed by atoms with van der Waals surface area (Å²) < 4.78 is 19.7. The maximum Gasteiger partial charge on any atom is 0.259 e. The number of carbonyl (C=O) groups excluding carboxylic acids is 1. The van der Waals surface area contributed by atoms with E-state index in [0.29, 0.717) is 43.2 Å². The van der Waals surface area contributed by atoms with E-state index in [2.05, 4.69) is 5.10 Å². The van der Waals surface area contributed by atoms with E-state index in [1.54, 1.807) is 24.0 Å². The zero-order valence-electron chi connectivity index (χ0n) is 12.1. The Hall–Kier alpha value is -1.92. The van der Waals surface area contributed by atoms with Crippen molar-refractivity contribution >= 4 is 17.5 Å². The first-order valence-electron chi connectivity index (χ1n) is 6.96. The second-order valence-electron chi connectivity index (χ2n) is 5.04. The fourth-order valence-electron chi connectivity index (χ4n) is 2.42. The molecule has 0 aliphatic carbocycles. The molecule has 7 heteroatoms. The van der Waals surface area contributed by atoms with Gasteiger partial charge >= 0.3 is 0 Å². The van der Waals surface area contributed by atoms with Crippen LogP contribution in [0, 0.1) is 12.7 Å². The molecule has 2 heterocycles. The van der Waals surface area contributed by atoms with Crippen LogP contribution in [0.25, 0.3) is 5.69 Å². The highest BCUT2D eigenvalue weighted by atomic mass is 35.5. The van der Waals surface area contributed by atoms with Crippen LogP contribution in [0.4, 0.5) is 4.39 Å². The van der Waals surface area contributed by atoms with Gasteiger partial charge < -0.3 is 9.64 Å². The summed E-state index contributed by atoms with van der Waals surface area (Å²) in [6.45, 7) is 3.86. The Morgan fingerprint density at radius 3 is 2.55 bits per heavy atom. The Morgan fingerprint density at radius 2 is 1.91 bits per heavy atom. The smallest absolute Gasteiger partial charge is 0.259 e. The molecule has 0 N–H and O–H groups in total. The van der Waals surface area contributed by atoms with Crippen molar-refractivity contribution in [1.82, 2.24) is 14.7 Å². The number of morpholine rings is 1. The van der Waals surface area contributed by atoms with Crippen molar-refractivity contribution in [3.63, 3.8) is 0 Å². The Balaban J connectivity index is 1.96. The highest BCUT2D eigenvalue weighted by Gasteiger charge is 2.26. The van der Waals surface area contributed by atoms with E-state index in [-0.39, 0.29) is 16.9 Å². The van der Waals surface area contributed by atoms with Gasteiger partial charge in [-0.05, 0) is 31.2 Å². The van der Waals surface area contributed by atoms with Gasteiger partial charge in [0.2, 0.25) is 0 Å². The summed E-state index contributed by atoms with van der Waals surface area (Å²) in [4.78, 5) is 14.3. The number of nitrogens with zero attached hydrogens (tertiary/aromatic N) is 3. The molecule has 1 amide bonds. The van der Waals surface area contributed by atoms with E-state index in [1.165, 1.54) is 16.8 Å². The lowest BCUT2D eigenvalue weighted by Crippen LogP contribution is -2.40.